The maximum Gasteiger partial charge on any atom is 0.255 e. The molecule has 2 aromatic heterocycles. The first-order valence-corrected chi connectivity index (χ1v) is 12.3. The molecule has 8 heteroatoms. The number of nitrogens with one attached hydrogen (secondary N) is 2. The third-order valence-electron chi connectivity index (χ3n) is 5.63. The van der Waals surface area contributed by atoms with Crippen molar-refractivity contribution in [3.05, 3.63) is 120 Å². The normalized spacial score (nSPS) is 11.0. The number of hydrogen-bond acceptors (Lipinski definition) is 6. The Kier molecular flexibility index (Phi) is 9.04. The lowest BCUT2D eigenvalue weighted by Gasteiger charge is -2.09. The van der Waals surface area contributed by atoms with Gasteiger partial charge in [-0.1, -0.05) is 30.3 Å². The molecule has 0 aliphatic heterocycles. The third kappa shape index (κ3) is 7.91. The van der Waals surface area contributed by atoms with Crippen molar-refractivity contribution in [1.29, 1.82) is 0 Å². The van der Waals surface area contributed by atoms with Crippen molar-refractivity contribution in [1.82, 2.24) is 25.2 Å². The Morgan fingerprint density at radius 1 is 0.947 bits per heavy atom. The molecule has 0 atom stereocenters. The highest BCUT2D eigenvalue weighted by atomic mass is 16.2. The van der Waals surface area contributed by atoms with E-state index >= 15 is 0 Å². The summed E-state index contributed by atoms with van der Waals surface area (Å²) in [6, 6.07) is 20.5. The Hall–Kier alpha value is -4.69. The number of aromatic nitrogens is 3. The number of carbonyl (C=O) groups excluding carboxylic acids is 2. The summed E-state index contributed by atoms with van der Waals surface area (Å²) >= 11 is 0. The number of likely N-dealkylation sites (N-methyl/N-ethyl adjacent to an activating group) is 1. The van der Waals surface area contributed by atoms with Crippen molar-refractivity contribution in [2.45, 2.75) is 13.0 Å². The summed E-state index contributed by atoms with van der Waals surface area (Å²) < 4.78 is 0. The molecule has 2 aromatic carbocycles. The van der Waals surface area contributed by atoms with E-state index in [9.17, 15) is 9.59 Å². The molecule has 0 radical (unpaired) electrons. The molecule has 0 spiro atoms. The fourth-order valence-corrected chi connectivity index (χ4v) is 3.70. The highest BCUT2D eigenvalue weighted by Crippen LogP contribution is 2.18. The van der Waals surface area contributed by atoms with Crippen molar-refractivity contribution >= 4 is 17.5 Å². The maximum absolute atomic E-state index is 12.8. The highest BCUT2D eigenvalue weighted by molar-refractivity contribution is 6.04. The van der Waals surface area contributed by atoms with E-state index in [-0.39, 0.29) is 11.8 Å². The van der Waals surface area contributed by atoms with Crippen LogP contribution in [0.5, 0.6) is 0 Å². The number of anilines is 1. The lowest BCUT2D eigenvalue weighted by Crippen LogP contribution is -2.21. The van der Waals surface area contributed by atoms with Gasteiger partial charge in [-0.3, -0.25) is 14.6 Å². The molecule has 2 heterocycles. The van der Waals surface area contributed by atoms with E-state index in [0.717, 1.165) is 22.4 Å². The van der Waals surface area contributed by atoms with Crippen LogP contribution in [0.2, 0.25) is 0 Å². The first kappa shape index (κ1) is 26.4. The van der Waals surface area contributed by atoms with Gasteiger partial charge in [-0.25, -0.2) is 9.97 Å². The van der Waals surface area contributed by atoms with Gasteiger partial charge < -0.3 is 15.5 Å². The number of nitrogens with zero attached hydrogens (tertiary/aromatic N) is 4. The minimum absolute atomic E-state index is 0.150. The van der Waals surface area contributed by atoms with Crippen LogP contribution in [0.1, 0.15) is 27.3 Å². The fraction of sp³-hybridized carbons (Fsp3) is 0.167. The summed E-state index contributed by atoms with van der Waals surface area (Å²) in [5, 5.41) is 5.79. The number of benzene rings is 2. The van der Waals surface area contributed by atoms with Gasteiger partial charge in [-0.05, 0) is 67.7 Å². The zero-order chi connectivity index (χ0) is 26.7. The lowest BCUT2D eigenvalue weighted by molar-refractivity contribution is -0.116. The van der Waals surface area contributed by atoms with Crippen LogP contribution < -0.4 is 10.6 Å². The van der Waals surface area contributed by atoms with Crippen molar-refractivity contribution in [3.8, 4) is 11.3 Å². The maximum atomic E-state index is 12.8. The quantitative estimate of drug-likeness (QED) is 0.314. The van der Waals surface area contributed by atoms with Crippen LogP contribution in [0.3, 0.4) is 0 Å². The summed E-state index contributed by atoms with van der Waals surface area (Å²) in [5.41, 5.74) is 4.86. The SMILES string of the molecule is CN(C)C/C=C/C(=O)NCc1ccc(C(=O)Nc2cccc(Cc3nccc(-c4cccnc4)n3)c2)cc1. The van der Waals surface area contributed by atoms with Crippen LogP contribution >= 0.6 is 0 Å². The third-order valence-corrected chi connectivity index (χ3v) is 5.63. The molecule has 38 heavy (non-hydrogen) atoms. The summed E-state index contributed by atoms with van der Waals surface area (Å²) in [6.07, 6.45) is 9.11. The van der Waals surface area contributed by atoms with Gasteiger partial charge in [0.2, 0.25) is 5.91 Å². The summed E-state index contributed by atoms with van der Waals surface area (Å²) in [6.45, 7) is 1.09. The second-order valence-corrected chi connectivity index (χ2v) is 9.01. The molecule has 0 saturated heterocycles. The zero-order valence-corrected chi connectivity index (χ0v) is 21.5. The predicted octanol–water partition coefficient (Wildman–Crippen LogP) is 4.12. The average molecular weight is 507 g/mol. The van der Waals surface area contributed by atoms with Crippen LogP contribution in [-0.2, 0) is 17.8 Å². The topological polar surface area (TPSA) is 100 Å². The van der Waals surface area contributed by atoms with E-state index in [0.29, 0.717) is 36.6 Å². The summed E-state index contributed by atoms with van der Waals surface area (Å²) in [7, 11) is 3.88. The van der Waals surface area contributed by atoms with E-state index in [1.54, 1.807) is 30.7 Å². The van der Waals surface area contributed by atoms with Crippen LogP contribution in [0.25, 0.3) is 11.3 Å². The van der Waals surface area contributed by atoms with Gasteiger partial charge in [-0.15, -0.1) is 0 Å². The van der Waals surface area contributed by atoms with Crippen LogP contribution in [-0.4, -0.2) is 52.3 Å². The number of carbonyl (C=O) groups is 2. The van der Waals surface area contributed by atoms with Gasteiger partial charge in [0.05, 0.1) is 5.69 Å². The molecule has 2 amide bonds. The molecule has 4 rings (SSSR count). The number of hydrogen-bond donors (Lipinski definition) is 2. The van der Waals surface area contributed by atoms with Gasteiger partial charge >= 0.3 is 0 Å². The Bertz CT molecular complexity index is 1400. The Morgan fingerprint density at radius 2 is 1.79 bits per heavy atom. The Labute approximate surface area is 222 Å². The molecule has 4 aromatic rings. The van der Waals surface area contributed by atoms with Crippen LogP contribution in [0.15, 0.2) is 97.5 Å². The van der Waals surface area contributed by atoms with Gasteiger partial charge in [-0.2, -0.15) is 0 Å². The van der Waals surface area contributed by atoms with Gasteiger partial charge in [0, 0.05) is 61.0 Å². The minimum Gasteiger partial charge on any atom is -0.348 e. The molecule has 2 N–H and O–H groups in total. The smallest absolute Gasteiger partial charge is 0.255 e. The highest BCUT2D eigenvalue weighted by Gasteiger charge is 2.09. The number of pyridine rings is 1. The fourth-order valence-electron chi connectivity index (χ4n) is 3.70. The predicted molar refractivity (Wildman–Crippen MR) is 148 cm³/mol. The van der Waals surface area contributed by atoms with Gasteiger partial charge in [0.25, 0.3) is 5.91 Å². The van der Waals surface area contributed by atoms with Gasteiger partial charge in [0.1, 0.15) is 5.82 Å². The van der Waals surface area contributed by atoms with Crippen molar-refractivity contribution in [3.63, 3.8) is 0 Å². The largest absolute Gasteiger partial charge is 0.348 e. The van der Waals surface area contributed by atoms with Crippen molar-refractivity contribution in [2.24, 2.45) is 0 Å². The Balaban J connectivity index is 1.33. The van der Waals surface area contributed by atoms with E-state index in [2.05, 4.69) is 25.6 Å². The molecule has 8 nitrogen and oxygen atoms in total. The molecular formula is C30H30N6O2. The minimum atomic E-state index is -0.209. The molecule has 0 aliphatic rings. The van der Waals surface area contributed by atoms with Gasteiger partial charge in [0.15, 0.2) is 0 Å². The van der Waals surface area contributed by atoms with Crippen LogP contribution in [0.4, 0.5) is 5.69 Å². The Morgan fingerprint density at radius 3 is 2.55 bits per heavy atom. The standard InChI is InChI=1S/C30H30N6O2/c1-36(2)17-5-9-29(37)33-20-22-10-12-24(13-11-22)30(38)34-26-8-3-6-23(18-26)19-28-32-16-14-27(35-28)25-7-4-15-31-21-25/h3-16,18,21H,17,19-20H2,1-2H3,(H,33,37)(H,34,38)/b9-5+. The van der Waals surface area contributed by atoms with E-state index < -0.39 is 0 Å². The second kappa shape index (κ2) is 13.0. The van der Waals surface area contributed by atoms with E-state index in [1.165, 1.54) is 6.08 Å². The zero-order valence-electron chi connectivity index (χ0n) is 21.5. The summed E-state index contributed by atoms with van der Waals surface area (Å²) in [5.74, 6) is 0.327. The number of amides is 2. The molecular weight excluding hydrogens is 476 g/mol. The first-order valence-electron chi connectivity index (χ1n) is 12.3. The lowest BCUT2D eigenvalue weighted by atomic mass is 10.1. The average Bonchev–Trinajstić information content (AvgIpc) is 2.93. The first-order chi connectivity index (χ1) is 18.5. The second-order valence-electron chi connectivity index (χ2n) is 9.01. The molecule has 0 fully saturated rings. The molecule has 0 aliphatic carbocycles. The molecule has 0 unspecified atom stereocenters. The van der Waals surface area contributed by atoms with Crippen molar-refractivity contribution < 1.29 is 9.59 Å². The number of rotatable bonds is 10. The molecule has 0 bridgehead atoms. The van der Waals surface area contributed by atoms with Crippen molar-refractivity contribution in [2.75, 3.05) is 26.0 Å². The molecule has 0 saturated carbocycles. The summed E-state index contributed by atoms with van der Waals surface area (Å²) in [4.78, 5) is 39.9. The van der Waals surface area contributed by atoms with Crippen LogP contribution in [0, 0.1) is 0 Å². The molecule has 192 valence electrons. The van der Waals surface area contributed by atoms with E-state index in [1.807, 2.05) is 79.7 Å². The monoisotopic (exact) mass is 506 g/mol. The van der Waals surface area contributed by atoms with E-state index in [4.69, 9.17) is 0 Å².